The van der Waals surface area contributed by atoms with Gasteiger partial charge < -0.3 is 20.1 Å². The molecule has 2 N–H and O–H groups in total. The minimum Gasteiger partial charge on any atom is -0.481 e. The smallest absolute Gasteiger partial charge is 0.218 e. The van der Waals surface area contributed by atoms with Crippen LogP contribution in [0, 0.1) is 0 Å². The monoisotopic (exact) mass is 389 g/mol. The van der Waals surface area contributed by atoms with Crippen molar-refractivity contribution in [1.29, 1.82) is 0 Å². The van der Waals surface area contributed by atoms with Crippen LogP contribution in [0.2, 0.25) is 0 Å². The van der Waals surface area contributed by atoms with Gasteiger partial charge in [-0.1, -0.05) is 25.3 Å². The molecule has 1 saturated heterocycles. The second-order valence-electron chi connectivity index (χ2n) is 7.60. The summed E-state index contributed by atoms with van der Waals surface area (Å²) in [5, 5.41) is 7.02. The van der Waals surface area contributed by atoms with Crippen LogP contribution in [-0.2, 0) is 11.3 Å². The lowest BCUT2D eigenvalue weighted by molar-refractivity contribution is -0.0352. The number of morpholine rings is 1. The molecule has 1 aliphatic carbocycles. The first kappa shape index (κ1) is 20.9. The maximum absolute atomic E-state index is 5.59. The van der Waals surface area contributed by atoms with E-state index in [1.54, 1.807) is 13.3 Å². The van der Waals surface area contributed by atoms with Gasteiger partial charge in [-0.25, -0.2) is 9.98 Å². The van der Waals surface area contributed by atoms with Crippen LogP contribution in [0.25, 0.3) is 0 Å². The van der Waals surface area contributed by atoms with Crippen LogP contribution >= 0.6 is 0 Å². The number of aromatic nitrogens is 1. The lowest BCUT2D eigenvalue weighted by Crippen LogP contribution is -2.60. The van der Waals surface area contributed by atoms with E-state index in [-0.39, 0.29) is 5.54 Å². The Hall–Kier alpha value is -1.86. The minimum absolute atomic E-state index is 0.213. The Balaban J connectivity index is 1.67. The van der Waals surface area contributed by atoms with Crippen LogP contribution in [0.4, 0.5) is 0 Å². The molecule has 0 spiro atoms. The molecule has 1 aromatic heterocycles. The Morgan fingerprint density at radius 3 is 2.75 bits per heavy atom. The third-order valence-electron chi connectivity index (χ3n) is 5.85. The predicted molar refractivity (Wildman–Crippen MR) is 112 cm³/mol. The number of hydrogen-bond donors (Lipinski definition) is 2. The first-order valence-electron chi connectivity index (χ1n) is 10.6. The lowest BCUT2D eigenvalue weighted by atomic mass is 9.80. The van der Waals surface area contributed by atoms with Gasteiger partial charge in [-0.2, -0.15) is 0 Å². The molecule has 3 rings (SSSR count). The number of nitrogens with one attached hydrogen (secondary N) is 2. The van der Waals surface area contributed by atoms with E-state index in [2.05, 4.69) is 27.4 Å². The zero-order valence-electron chi connectivity index (χ0n) is 17.4. The van der Waals surface area contributed by atoms with Gasteiger partial charge in [0.1, 0.15) is 0 Å². The molecule has 7 heteroatoms. The van der Waals surface area contributed by atoms with E-state index in [0.29, 0.717) is 12.4 Å². The first-order valence-corrected chi connectivity index (χ1v) is 10.6. The van der Waals surface area contributed by atoms with Gasteiger partial charge >= 0.3 is 0 Å². The van der Waals surface area contributed by atoms with Gasteiger partial charge in [0, 0.05) is 43.5 Å². The highest BCUT2D eigenvalue weighted by Crippen LogP contribution is 2.33. The van der Waals surface area contributed by atoms with Crippen LogP contribution in [-0.4, -0.2) is 67.9 Å². The van der Waals surface area contributed by atoms with Gasteiger partial charge in [0.2, 0.25) is 5.88 Å². The Labute approximate surface area is 168 Å². The Kier molecular flexibility index (Phi) is 7.91. The average Bonchev–Trinajstić information content (AvgIpc) is 2.77. The minimum atomic E-state index is 0.213. The van der Waals surface area contributed by atoms with Gasteiger partial charge in [0.25, 0.3) is 0 Å². The average molecular weight is 390 g/mol. The van der Waals surface area contributed by atoms with Crippen molar-refractivity contribution < 1.29 is 9.47 Å². The molecule has 1 aromatic rings. The topological polar surface area (TPSA) is 71.0 Å². The fraction of sp³-hybridized carbons (Fsp3) is 0.714. The van der Waals surface area contributed by atoms with Crippen LogP contribution in [0.5, 0.6) is 5.88 Å². The number of ether oxygens (including phenoxy) is 2. The third-order valence-corrected chi connectivity index (χ3v) is 5.85. The van der Waals surface area contributed by atoms with Crippen molar-refractivity contribution in [2.45, 2.75) is 51.1 Å². The summed E-state index contributed by atoms with van der Waals surface area (Å²) in [4.78, 5) is 11.7. The van der Waals surface area contributed by atoms with Crippen molar-refractivity contribution in [1.82, 2.24) is 20.5 Å². The number of pyridine rings is 1. The molecule has 0 amide bonds. The summed E-state index contributed by atoms with van der Waals surface area (Å²) in [6.45, 7) is 8.14. The molecule has 1 saturated carbocycles. The molecule has 0 atom stereocenters. The summed E-state index contributed by atoms with van der Waals surface area (Å²) in [5.41, 5.74) is 1.20. The zero-order valence-corrected chi connectivity index (χ0v) is 17.4. The highest BCUT2D eigenvalue weighted by molar-refractivity contribution is 5.79. The SMILES string of the molecule is CCNC(=NCc1cccnc1OC)NCC1(N2CCOCC2)CCCCC1. The van der Waals surface area contributed by atoms with E-state index >= 15 is 0 Å². The summed E-state index contributed by atoms with van der Waals surface area (Å²) in [5.74, 6) is 1.49. The molecule has 0 bridgehead atoms. The number of nitrogens with zero attached hydrogens (tertiary/aromatic N) is 3. The van der Waals surface area contributed by atoms with E-state index < -0.39 is 0 Å². The largest absolute Gasteiger partial charge is 0.481 e. The van der Waals surface area contributed by atoms with Gasteiger partial charge in [-0.15, -0.1) is 0 Å². The summed E-state index contributed by atoms with van der Waals surface area (Å²) >= 11 is 0. The molecular weight excluding hydrogens is 354 g/mol. The van der Waals surface area contributed by atoms with Gasteiger partial charge in [-0.3, -0.25) is 4.90 Å². The van der Waals surface area contributed by atoms with E-state index in [4.69, 9.17) is 14.5 Å². The van der Waals surface area contributed by atoms with Crippen LogP contribution in [0.3, 0.4) is 0 Å². The Morgan fingerprint density at radius 1 is 1.25 bits per heavy atom. The molecule has 2 aliphatic rings. The Morgan fingerprint density at radius 2 is 2.04 bits per heavy atom. The maximum Gasteiger partial charge on any atom is 0.218 e. The molecule has 2 heterocycles. The number of guanidine groups is 1. The molecule has 0 aromatic carbocycles. The van der Waals surface area contributed by atoms with Crippen molar-refractivity contribution in [2.75, 3.05) is 46.5 Å². The van der Waals surface area contributed by atoms with Crippen LogP contribution < -0.4 is 15.4 Å². The number of hydrogen-bond acceptors (Lipinski definition) is 5. The molecule has 28 heavy (non-hydrogen) atoms. The van der Waals surface area contributed by atoms with E-state index in [0.717, 1.165) is 50.9 Å². The molecular formula is C21H35N5O2. The first-order chi connectivity index (χ1) is 13.8. The van der Waals surface area contributed by atoms with E-state index in [9.17, 15) is 0 Å². The van der Waals surface area contributed by atoms with Crippen molar-refractivity contribution in [2.24, 2.45) is 4.99 Å². The van der Waals surface area contributed by atoms with E-state index in [1.807, 2.05) is 12.1 Å². The van der Waals surface area contributed by atoms with Crippen LogP contribution in [0.1, 0.15) is 44.6 Å². The van der Waals surface area contributed by atoms with Gasteiger partial charge in [-0.05, 0) is 25.8 Å². The van der Waals surface area contributed by atoms with Crippen molar-refractivity contribution >= 4 is 5.96 Å². The van der Waals surface area contributed by atoms with Crippen molar-refractivity contribution in [3.05, 3.63) is 23.9 Å². The van der Waals surface area contributed by atoms with Crippen molar-refractivity contribution in [3.63, 3.8) is 0 Å². The fourth-order valence-corrected chi connectivity index (χ4v) is 4.33. The lowest BCUT2D eigenvalue weighted by Gasteiger charge is -2.48. The zero-order chi connectivity index (χ0) is 19.7. The standard InChI is InChI=1S/C21H35N5O2/c1-3-22-20(24-16-18-8-7-11-23-19(18)27-2)25-17-21(9-5-4-6-10-21)26-12-14-28-15-13-26/h7-8,11H,3-6,9-10,12-17H2,1-2H3,(H2,22,24,25). The molecule has 0 radical (unpaired) electrons. The molecule has 2 fully saturated rings. The normalized spacial score (nSPS) is 20.6. The quantitative estimate of drug-likeness (QED) is 0.550. The molecule has 0 unspecified atom stereocenters. The Bertz CT molecular complexity index is 625. The van der Waals surface area contributed by atoms with Crippen LogP contribution in [0.15, 0.2) is 23.3 Å². The maximum atomic E-state index is 5.59. The van der Waals surface area contributed by atoms with E-state index in [1.165, 1.54) is 32.1 Å². The number of rotatable bonds is 7. The predicted octanol–water partition coefficient (Wildman–Crippen LogP) is 2.18. The number of aliphatic imine (C=N–C) groups is 1. The van der Waals surface area contributed by atoms with Gasteiger partial charge in [0.05, 0.1) is 26.9 Å². The summed E-state index contributed by atoms with van der Waals surface area (Å²) < 4.78 is 10.9. The van der Waals surface area contributed by atoms with Gasteiger partial charge in [0.15, 0.2) is 5.96 Å². The summed E-state index contributed by atoms with van der Waals surface area (Å²) in [6.07, 6.45) is 8.19. The molecule has 156 valence electrons. The highest BCUT2D eigenvalue weighted by atomic mass is 16.5. The molecule has 1 aliphatic heterocycles. The second-order valence-corrected chi connectivity index (χ2v) is 7.60. The highest BCUT2D eigenvalue weighted by Gasteiger charge is 2.38. The third kappa shape index (κ3) is 5.35. The second kappa shape index (κ2) is 10.6. The fourth-order valence-electron chi connectivity index (χ4n) is 4.33. The summed E-state index contributed by atoms with van der Waals surface area (Å²) in [7, 11) is 1.65. The number of methoxy groups -OCH3 is 1. The molecule has 7 nitrogen and oxygen atoms in total. The summed E-state index contributed by atoms with van der Waals surface area (Å²) in [6, 6.07) is 3.93. The van der Waals surface area contributed by atoms with Crippen molar-refractivity contribution in [3.8, 4) is 5.88 Å².